The number of amides is 1. The zero-order valence-electron chi connectivity index (χ0n) is 20.5. The molecule has 4 rings (SSSR count). The monoisotopic (exact) mass is 487 g/mol. The summed E-state index contributed by atoms with van der Waals surface area (Å²) in [5.41, 5.74) is 0.891. The predicted molar refractivity (Wildman–Crippen MR) is 137 cm³/mol. The number of hydrogen-bond donors (Lipinski definition) is 2. The van der Waals surface area contributed by atoms with Crippen molar-refractivity contribution in [1.82, 2.24) is 15.2 Å². The van der Waals surface area contributed by atoms with Gasteiger partial charge in [-0.3, -0.25) is 10.2 Å². The number of ether oxygens (including phenoxy) is 2. The molecule has 8 nitrogen and oxygen atoms in total. The number of carbonyl (C=O) groups is 1. The number of para-hydroxylation sites is 1. The first-order valence-electron chi connectivity index (χ1n) is 12.1. The van der Waals surface area contributed by atoms with Crippen LogP contribution in [0.25, 0.3) is 0 Å². The summed E-state index contributed by atoms with van der Waals surface area (Å²) >= 11 is 1.48. The highest BCUT2D eigenvalue weighted by molar-refractivity contribution is 7.15. The SMILES string of the molecule is CC(C)(C)OC(=O)Nc1ncc(CNCC2(N3CCN(c4ccccc4)CC3)CCOCC2)s1. The number of piperazine rings is 1. The van der Waals surface area contributed by atoms with Crippen molar-refractivity contribution >= 4 is 28.2 Å². The molecule has 1 aromatic heterocycles. The van der Waals surface area contributed by atoms with Crippen molar-refractivity contribution in [3.63, 3.8) is 0 Å². The third-order valence-corrected chi connectivity index (χ3v) is 7.32. The van der Waals surface area contributed by atoms with Gasteiger partial charge in [0.25, 0.3) is 0 Å². The van der Waals surface area contributed by atoms with Crippen molar-refractivity contribution < 1.29 is 14.3 Å². The van der Waals surface area contributed by atoms with Gasteiger partial charge >= 0.3 is 6.09 Å². The number of benzene rings is 1. The third-order valence-electron chi connectivity index (χ3n) is 6.41. The highest BCUT2D eigenvalue weighted by Crippen LogP contribution is 2.30. The number of thiazole rings is 1. The van der Waals surface area contributed by atoms with Crippen molar-refractivity contribution in [3.05, 3.63) is 41.4 Å². The van der Waals surface area contributed by atoms with Crippen LogP contribution in [0, 0.1) is 0 Å². The lowest BCUT2D eigenvalue weighted by molar-refractivity contribution is -0.0306. The molecule has 2 aliphatic heterocycles. The first-order chi connectivity index (χ1) is 16.3. The van der Waals surface area contributed by atoms with E-state index in [-0.39, 0.29) is 5.54 Å². The summed E-state index contributed by atoms with van der Waals surface area (Å²) in [6.45, 7) is 13.0. The Hall–Kier alpha value is -2.20. The molecule has 1 aromatic carbocycles. The van der Waals surface area contributed by atoms with Crippen LogP contribution in [0.15, 0.2) is 36.5 Å². The maximum absolute atomic E-state index is 12.0. The second kappa shape index (κ2) is 11.0. The molecule has 2 aliphatic rings. The van der Waals surface area contributed by atoms with Gasteiger partial charge in [0.15, 0.2) is 5.13 Å². The van der Waals surface area contributed by atoms with E-state index in [0.717, 1.165) is 70.2 Å². The van der Waals surface area contributed by atoms with Gasteiger partial charge in [0.2, 0.25) is 0 Å². The molecule has 186 valence electrons. The van der Waals surface area contributed by atoms with Gasteiger partial charge in [-0.25, -0.2) is 9.78 Å². The number of nitrogens with one attached hydrogen (secondary N) is 2. The molecule has 0 unspecified atom stereocenters. The zero-order chi connectivity index (χ0) is 24.0. The van der Waals surface area contributed by atoms with E-state index < -0.39 is 11.7 Å². The maximum atomic E-state index is 12.0. The lowest BCUT2D eigenvalue weighted by Crippen LogP contribution is -2.62. The number of rotatable bonds is 7. The molecular formula is C25H37N5O3S. The molecule has 0 saturated carbocycles. The van der Waals surface area contributed by atoms with Crippen LogP contribution in [0.1, 0.15) is 38.5 Å². The van der Waals surface area contributed by atoms with Crippen LogP contribution < -0.4 is 15.5 Å². The van der Waals surface area contributed by atoms with Crippen molar-refractivity contribution in [3.8, 4) is 0 Å². The van der Waals surface area contributed by atoms with E-state index in [1.807, 2.05) is 27.0 Å². The van der Waals surface area contributed by atoms with E-state index in [1.54, 1.807) is 0 Å². The standard InChI is InChI=1S/C25H37N5O3S/c1-24(2,3)33-23(31)28-22-27-18-21(34-22)17-26-19-25(9-15-32-16-10-25)30-13-11-29(12-14-30)20-7-5-4-6-8-20/h4-8,18,26H,9-17,19H2,1-3H3,(H,27,28,31). The number of nitrogens with zero attached hydrogens (tertiary/aromatic N) is 3. The van der Waals surface area contributed by atoms with Gasteiger partial charge in [0, 0.05) is 74.8 Å². The Morgan fingerprint density at radius 1 is 1.15 bits per heavy atom. The van der Waals surface area contributed by atoms with Crippen LogP contribution in [-0.2, 0) is 16.0 Å². The fourth-order valence-corrected chi connectivity index (χ4v) is 5.46. The summed E-state index contributed by atoms with van der Waals surface area (Å²) in [6.07, 6.45) is 3.43. The molecular weight excluding hydrogens is 450 g/mol. The van der Waals surface area contributed by atoms with Crippen molar-refractivity contribution in [2.45, 2.75) is 51.3 Å². The third kappa shape index (κ3) is 6.69. The van der Waals surface area contributed by atoms with E-state index >= 15 is 0 Å². The molecule has 2 N–H and O–H groups in total. The number of aromatic nitrogens is 1. The number of anilines is 2. The fraction of sp³-hybridized carbons (Fsp3) is 0.600. The minimum Gasteiger partial charge on any atom is -0.444 e. The molecule has 1 amide bonds. The normalized spacial score (nSPS) is 19.1. The van der Waals surface area contributed by atoms with E-state index in [0.29, 0.717) is 5.13 Å². The Balaban J connectivity index is 1.30. The van der Waals surface area contributed by atoms with Crippen LogP contribution >= 0.6 is 11.3 Å². The van der Waals surface area contributed by atoms with Crippen LogP contribution in [0.2, 0.25) is 0 Å². The molecule has 34 heavy (non-hydrogen) atoms. The summed E-state index contributed by atoms with van der Waals surface area (Å²) in [6, 6.07) is 10.7. The molecule has 2 aromatic rings. The Morgan fingerprint density at radius 2 is 1.85 bits per heavy atom. The fourth-order valence-electron chi connectivity index (χ4n) is 4.69. The largest absolute Gasteiger partial charge is 0.444 e. The quantitative estimate of drug-likeness (QED) is 0.612. The number of carbonyl (C=O) groups excluding carboxylic acids is 1. The predicted octanol–water partition coefficient (Wildman–Crippen LogP) is 3.95. The average molecular weight is 488 g/mol. The van der Waals surface area contributed by atoms with Gasteiger partial charge in [-0.15, -0.1) is 11.3 Å². The van der Waals surface area contributed by atoms with Crippen molar-refractivity contribution in [2.24, 2.45) is 0 Å². The smallest absolute Gasteiger partial charge is 0.413 e. The molecule has 0 atom stereocenters. The van der Waals surface area contributed by atoms with Gasteiger partial charge in [0.1, 0.15) is 5.60 Å². The van der Waals surface area contributed by atoms with E-state index in [9.17, 15) is 4.79 Å². The molecule has 2 saturated heterocycles. The second-order valence-corrected chi connectivity index (χ2v) is 11.1. The summed E-state index contributed by atoms with van der Waals surface area (Å²) in [5.74, 6) is 0. The summed E-state index contributed by atoms with van der Waals surface area (Å²) in [4.78, 5) is 22.5. The van der Waals surface area contributed by atoms with E-state index in [1.165, 1.54) is 17.0 Å². The Bertz CT molecular complexity index is 916. The van der Waals surface area contributed by atoms with Gasteiger partial charge < -0.3 is 19.7 Å². The molecule has 0 spiro atoms. The molecule has 9 heteroatoms. The second-order valence-electron chi connectivity index (χ2n) is 10.0. The molecule has 0 bridgehead atoms. The summed E-state index contributed by atoms with van der Waals surface area (Å²) in [5, 5.41) is 6.96. The van der Waals surface area contributed by atoms with E-state index in [2.05, 4.69) is 55.7 Å². The average Bonchev–Trinajstić information content (AvgIpc) is 3.26. The zero-order valence-corrected chi connectivity index (χ0v) is 21.3. The van der Waals surface area contributed by atoms with Crippen LogP contribution in [0.5, 0.6) is 0 Å². The van der Waals surface area contributed by atoms with Crippen LogP contribution in [-0.4, -0.2) is 73.1 Å². The van der Waals surface area contributed by atoms with E-state index in [4.69, 9.17) is 9.47 Å². The van der Waals surface area contributed by atoms with Crippen molar-refractivity contribution in [2.75, 3.05) is 56.2 Å². The lowest BCUT2D eigenvalue weighted by atomic mass is 9.87. The molecule has 0 radical (unpaired) electrons. The highest BCUT2D eigenvalue weighted by atomic mass is 32.1. The minimum absolute atomic E-state index is 0.114. The Kier molecular flexibility index (Phi) is 8.08. The van der Waals surface area contributed by atoms with Gasteiger partial charge in [-0.05, 0) is 45.7 Å². The summed E-state index contributed by atoms with van der Waals surface area (Å²) < 4.78 is 11.0. The summed E-state index contributed by atoms with van der Waals surface area (Å²) in [7, 11) is 0. The van der Waals surface area contributed by atoms with Gasteiger partial charge in [-0.1, -0.05) is 18.2 Å². The minimum atomic E-state index is -0.531. The van der Waals surface area contributed by atoms with Crippen LogP contribution in [0.3, 0.4) is 0 Å². The molecule has 0 aliphatic carbocycles. The molecule has 3 heterocycles. The Morgan fingerprint density at radius 3 is 2.53 bits per heavy atom. The highest BCUT2D eigenvalue weighted by Gasteiger charge is 2.39. The maximum Gasteiger partial charge on any atom is 0.413 e. The number of hydrogen-bond acceptors (Lipinski definition) is 8. The van der Waals surface area contributed by atoms with Gasteiger partial charge in [0.05, 0.1) is 0 Å². The van der Waals surface area contributed by atoms with Crippen LogP contribution in [0.4, 0.5) is 15.6 Å². The topological polar surface area (TPSA) is 79.0 Å². The lowest BCUT2D eigenvalue weighted by Gasteiger charge is -2.50. The Labute approximate surface area is 206 Å². The van der Waals surface area contributed by atoms with Gasteiger partial charge in [-0.2, -0.15) is 0 Å². The first kappa shape index (κ1) is 24.9. The van der Waals surface area contributed by atoms with Crippen molar-refractivity contribution in [1.29, 1.82) is 0 Å². The first-order valence-corrected chi connectivity index (χ1v) is 12.9. The molecule has 2 fully saturated rings.